The second kappa shape index (κ2) is 26.4. The highest BCUT2D eigenvalue weighted by molar-refractivity contribution is 5.94. The molecule has 1 aliphatic carbocycles. The number of carbonyl (C=O) groups is 4. The summed E-state index contributed by atoms with van der Waals surface area (Å²) in [5.41, 5.74) is 3.10. The summed E-state index contributed by atoms with van der Waals surface area (Å²) >= 11 is 0. The molecule has 0 aromatic heterocycles. The van der Waals surface area contributed by atoms with Crippen molar-refractivity contribution in [1.29, 1.82) is 0 Å². The van der Waals surface area contributed by atoms with E-state index in [0.717, 1.165) is 48.4 Å². The van der Waals surface area contributed by atoms with Gasteiger partial charge in [-0.25, -0.2) is 22.8 Å². The van der Waals surface area contributed by atoms with Crippen molar-refractivity contribution in [2.75, 3.05) is 20.8 Å². The van der Waals surface area contributed by atoms with Gasteiger partial charge in [0.15, 0.2) is 23.1 Å². The summed E-state index contributed by atoms with van der Waals surface area (Å²) in [6.07, 6.45) is 4.42. The van der Waals surface area contributed by atoms with Gasteiger partial charge in [0.1, 0.15) is 23.1 Å². The van der Waals surface area contributed by atoms with Gasteiger partial charge < -0.3 is 39.0 Å². The minimum absolute atomic E-state index is 0.0281. The number of nitrogens with zero attached hydrogens (tertiary/aromatic N) is 2. The van der Waals surface area contributed by atoms with E-state index in [1.165, 1.54) is 41.3 Å². The second-order valence-corrected chi connectivity index (χ2v) is 17.9. The van der Waals surface area contributed by atoms with E-state index in [-0.39, 0.29) is 54.1 Å². The van der Waals surface area contributed by atoms with Crippen LogP contribution in [0.4, 0.5) is 13.2 Å². The Labute approximate surface area is 433 Å². The SMILES string of the molecule is COc1cccc(CN(Cc2ccc(C(=O)O)c(F)c2)C(=O)c2ccc(Oc3ccccc3F)cc2)c1.COc1ccccc1OC1CCC(C(=O)N(CCCc2cccc(F)c2)Cc2ccc(C(=O)O)cc2)CC1. The maximum atomic E-state index is 14.3. The van der Waals surface area contributed by atoms with Crippen molar-refractivity contribution in [2.24, 2.45) is 5.92 Å². The van der Waals surface area contributed by atoms with Crippen LogP contribution in [0.15, 0.2) is 164 Å². The molecule has 0 spiro atoms. The average Bonchev–Trinajstić information content (AvgIpc) is 3.41. The molecule has 75 heavy (non-hydrogen) atoms. The van der Waals surface area contributed by atoms with Gasteiger partial charge in [0, 0.05) is 37.7 Å². The van der Waals surface area contributed by atoms with Crippen LogP contribution in [0.1, 0.15) is 85.4 Å². The van der Waals surface area contributed by atoms with Crippen LogP contribution >= 0.6 is 0 Å². The molecule has 7 aromatic rings. The monoisotopic (exact) mass is 1020 g/mol. The predicted octanol–water partition coefficient (Wildman–Crippen LogP) is 12.4. The van der Waals surface area contributed by atoms with Crippen molar-refractivity contribution in [3.63, 3.8) is 0 Å². The number of methoxy groups -OCH3 is 2. The molecule has 2 N–H and O–H groups in total. The third-order valence-electron chi connectivity index (χ3n) is 12.7. The number of amides is 2. The fourth-order valence-electron chi connectivity index (χ4n) is 8.73. The third-order valence-corrected chi connectivity index (χ3v) is 12.7. The molecule has 1 fully saturated rings. The van der Waals surface area contributed by atoms with E-state index >= 15 is 0 Å². The Bertz CT molecular complexity index is 3050. The molecule has 12 nitrogen and oxygen atoms in total. The van der Waals surface area contributed by atoms with Gasteiger partial charge in [0.25, 0.3) is 5.91 Å². The molecule has 0 heterocycles. The van der Waals surface area contributed by atoms with Gasteiger partial charge in [-0.2, -0.15) is 0 Å². The molecule has 388 valence electrons. The maximum Gasteiger partial charge on any atom is 0.338 e. The predicted molar refractivity (Wildman–Crippen MR) is 276 cm³/mol. The largest absolute Gasteiger partial charge is 0.497 e. The van der Waals surface area contributed by atoms with Crippen LogP contribution in [0.5, 0.6) is 28.7 Å². The van der Waals surface area contributed by atoms with Crippen molar-refractivity contribution in [2.45, 2.75) is 64.3 Å². The van der Waals surface area contributed by atoms with Crippen molar-refractivity contribution >= 4 is 23.8 Å². The zero-order chi connectivity index (χ0) is 53.3. The van der Waals surface area contributed by atoms with Gasteiger partial charge in [-0.15, -0.1) is 0 Å². The lowest BCUT2D eigenvalue weighted by molar-refractivity contribution is -0.137. The molecule has 1 saturated carbocycles. The fourth-order valence-corrected chi connectivity index (χ4v) is 8.73. The first-order chi connectivity index (χ1) is 36.3. The van der Waals surface area contributed by atoms with E-state index in [0.29, 0.717) is 60.1 Å². The summed E-state index contributed by atoms with van der Waals surface area (Å²) in [6, 6.07) is 44.0. The summed E-state index contributed by atoms with van der Waals surface area (Å²) in [5.74, 6) is -1.89. The summed E-state index contributed by atoms with van der Waals surface area (Å²) in [4.78, 5) is 52.9. The van der Waals surface area contributed by atoms with Gasteiger partial charge in [-0.1, -0.05) is 66.7 Å². The number of hydrogen-bond donors (Lipinski definition) is 2. The molecule has 0 bridgehead atoms. The molecule has 15 heteroatoms. The fraction of sp³-hybridized carbons (Fsp3) is 0.233. The quantitative estimate of drug-likeness (QED) is 0.0755. The number of benzene rings is 7. The zero-order valence-corrected chi connectivity index (χ0v) is 41.5. The number of para-hydroxylation sites is 3. The molecule has 7 aromatic carbocycles. The average molecular weight is 1020 g/mol. The number of carbonyl (C=O) groups excluding carboxylic acids is 2. The summed E-state index contributed by atoms with van der Waals surface area (Å²) < 4.78 is 64.2. The minimum Gasteiger partial charge on any atom is -0.497 e. The summed E-state index contributed by atoms with van der Waals surface area (Å²) in [7, 11) is 3.16. The van der Waals surface area contributed by atoms with E-state index < -0.39 is 29.1 Å². The van der Waals surface area contributed by atoms with Gasteiger partial charge >= 0.3 is 11.9 Å². The highest BCUT2D eigenvalue weighted by Gasteiger charge is 2.31. The highest BCUT2D eigenvalue weighted by Crippen LogP contribution is 2.34. The number of carboxylic acid groups (broad SMARTS) is 2. The Hall–Kier alpha value is -8.59. The molecule has 0 saturated heterocycles. The molecule has 8 rings (SSSR count). The van der Waals surface area contributed by atoms with Crippen molar-refractivity contribution in [1.82, 2.24) is 9.80 Å². The Morgan fingerprint density at radius 2 is 1.15 bits per heavy atom. The van der Waals surface area contributed by atoms with Crippen LogP contribution in [-0.2, 0) is 30.8 Å². The Morgan fingerprint density at radius 3 is 1.79 bits per heavy atom. The number of carboxylic acids is 2. The summed E-state index contributed by atoms with van der Waals surface area (Å²) in [6.45, 7) is 1.15. The van der Waals surface area contributed by atoms with E-state index in [1.807, 2.05) is 41.3 Å². The molecule has 0 aliphatic heterocycles. The molecule has 2 amide bonds. The van der Waals surface area contributed by atoms with Crippen LogP contribution in [-0.4, -0.2) is 70.6 Å². The van der Waals surface area contributed by atoms with Crippen LogP contribution in [0, 0.1) is 23.4 Å². The Kier molecular flexibility index (Phi) is 19.1. The number of rotatable bonds is 20. The Morgan fingerprint density at radius 1 is 0.533 bits per heavy atom. The molecule has 0 atom stereocenters. The van der Waals surface area contributed by atoms with Gasteiger partial charge in [0.05, 0.1) is 31.5 Å². The normalized spacial score (nSPS) is 13.8. The lowest BCUT2D eigenvalue weighted by Gasteiger charge is -2.32. The summed E-state index contributed by atoms with van der Waals surface area (Å²) in [5, 5.41) is 18.3. The van der Waals surface area contributed by atoms with Crippen LogP contribution < -0.4 is 18.9 Å². The first-order valence-corrected chi connectivity index (χ1v) is 24.4. The number of ether oxygens (including phenoxy) is 4. The van der Waals surface area contributed by atoms with E-state index in [2.05, 4.69) is 0 Å². The number of aryl methyl sites for hydroxylation is 1. The first-order valence-electron chi connectivity index (χ1n) is 24.4. The highest BCUT2D eigenvalue weighted by atomic mass is 19.1. The van der Waals surface area contributed by atoms with E-state index in [9.17, 15) is 37.5 Å². The zero-order valence-electron chi connectivity index (χ0n) is 41.5. The van der Waals surface area contributed by atoms with Crippen molar-refractivity contribution < 1.29 is 61.5 Å². The number of halogens is 3. The third kappa shape index (κ3) is 15.5. The lowest BCUT2D eigenvalue weighted by Crippen LogP contribution is -2.39. The molecule has 1 aliphatic rings. The van der Waals surface area contributed by atoms with Crippen LogP contribution in [0.2, 0.25) is 0 Å². The van der Waals surface area contributed by atoms with Gasteiger partial charge in [0.2, 0.25) is 5.91 Å². The number of hydrogen-bond acceptors (Lipinski definition) is 8. The van der Waals surface area contributed by atoms with Crippen LogP contribution in [0.25, 0.3) is 0 Å². The molecule has 0 unspecified atom stereocenters. The first kappa shape index (κ1) is 54.2. The lowest BCUT2D eigenvalue weighted by atomic mass is 9.86. The molecular weight excluding hydrogens is 966 g/mol. The standard InChI is InChI=1S/C31H34FNO5.C29H23F2NO5/c1-37-28-9-2-3-10-29(28)38-27-17-15-24(16-18-27)30(34)33(19-5-7-22-6-4-8-26(32)20-22)21-23-11-13-25(14-12-23)31(35)36;1-36-23-6-4-5-19(15-23)17-32(18-20-9-14-24(29(34)35)26(31)16-20)28(33)21-10-12-22(13-11-21)37-27-8-3-2-7-25(27)30/h2-4,6,8-14,20,24,27H,5,7,15-19,21H2,1H3,(H,35,36);2-16H,17-18H2,1H3,(H,34,35). The molecular formula is C60H57F3N2O10. The van der Waals surface area contributed by atoms with Crippen LogP contribution in [0.3, 0.4) is 0 Å². The van der Waals surface area contributed by atoms with Crippen molar-refractivity contribution in [3.8, 4) is 28.7 Å². The smallest absolute Gasteiger partial charge is 0.338 e. The van der Waals surface area contributed by atoms with E-state index in [1.54, 1.807) is 99.1 Å². The van der Waals surface area contributed by atoms with Gasteiger partial charge in [-0.05, 0) is 158 Å². The topological polar surface area (TPSA) is 152 Å². The van der Waals surface area contributed by atoms with Gasteiger partial charge in [-0.3, -0.25) is 9.59 Å². The minimum atomic E-state index is -1.37. The Balaban J connectivity index is 0.000000219. The van der Waals surface area contributed by atoms with E-state index in [4.69, 9.17) is 24.1 Å². The maximum absolute atomic E-state index is 14.3. The second-order valence-electron chi connectivity index (χ2n) is 17.9. The number of aromatic carboxylic acids is 2. The molecule has 0 radical (unpaired) electrons. The van der Waals surface area contributed by atoms with Crippen molar-refractivity contribution in [3.05, 3.63) is 220 Å².